The zero-order valence-electron chi connectivity index (χ0n) is 13.6. The summed E-state index contributed by atoms with van der Waals surface area (Å²) in [6.45, 7) is 1.93. The Morgan fingerprint density at radius 2 is 1.88 bits per heavy atom. The number of benzene rings is 2. The first-order valence-electron chi connectivity index (χ1n) is 7.81. The second-order valence-electron chi connectivity index (χ2n) is 5.73. The second-order valence-corrected chi connectivity index (χ2v) is 5.73. The van der Waals surface area contributed by atoms with Crippen LogP contribution in [-0.4, -0.2) is 12.3 Å². The van der Waals surface area contributed by atoms with E-state index in [9.17, 15) is 0 Å². The van der Waals surface area contributed by atoms with Gasteiger partial charge in [-0.05, 0) is 25.1 Å². The quantitative estimate of drug-likeness (QED) is 0.531. The van der Waals surface area contributed by atoms with Gasteiger partial charge >= 0.3 is 0 Å². The summed E-state index contributed by atoms with van der Waals surface area (Å²) in [6, 6.07) is 17.9. The van der Waals surface area contributed by atoms with Gasteiger partial charge in [-0.2, -0.15) is 0 Å². The topological polar surface area (TPSA) is 48.4 Å². The molecule has 0 aliphatic carbocycles. The van der Waals surface area contributed by atoms with Crippen molar-refractivity contribution in [2.75, 3.05) is 7.11 Å². The highest BCUT2D eigenvalue weighted by atomic mass is 16.5. The van der Waals surface area contributed by atoms with Crippen molar-refractivity contribution in [2.45, 2.75) is 13.3 Å². The predicted octanol–water partition coefficient (Wildman–Crippen LogP) is 5.00. The molecule has 2 aromatic heterocycles. The van der Waals surface area contributed by atoms with Crippen molar-refractivity contribution in [2.24, 2.45) is 0 Å². The molecule has 0 amide bonds. The summed E-state index contributed by atoms with van der Waals surface area (Å²) in [7, 11) is 1.65. The molecule has 0 saturated carbocycles. The van der Waals surface area contributed by atoms with Crippen molar-refractivity contribution in [3.8, 4) is 17.0 Å². The fourth-order valence-corrected chi connectivity index (χ4v) is 2.88. The molecule has 0 radical (unpaired) electrons. The fourth-order valence-electron chi connectivity index (χ4n) is 2.88. The normalized spacial score (nSPS) is 11.1. The summed E-state index contributed by atoms with van der Waals surface area (Å²) in [5, 5.41) is 5.28. The molecule has 0 saturated heterocycles. The van der Waals surface area contributed by atoms with Crippen molar-refractivity contribution >= 4 is 11.0 Å². The van der Waals surface area contributed by atoms with Crippen molar-refractivity contribution < 1.29 is 13.7 Å². The predicted molar refractivity (Wildman–Crippen MR) is 92.2 cm³/mol. The van der Waals surface area contributed by atoms with Gasteiger partial charge < -0.3 is 13.7 Å². The van der Waals surface area contributed by atoms with E-state index in [4.69, 9.17) is 13.7 Å². The number of ether oxygens (including phenoxy) is 1. The molecule has 24 heavy (non-hydrogen) atoms. The summed E-state index contributed by atoms with van der Waals surface area (Å²) in [5.41, 5.74) is 3.78. The van der Waals surface area contributed by atoms with E-state index in [0.29, 0.717) is 6.42 Å². The van der Waals surface area contributed by atoms with E-state index in [-0.39, 0.29) is 0 Å². The number of nitrogens with zero attached hydrogens (tertiary/aromatic N) is 1. The van der Waals surface area contributed by atoms with Gasteiger partial charge in [0, 0.05) is 29.0 Å². The van der Waals surface area contributed by atoms with Gasteiger partial charge in [0.05, 0.1) is 7.11 Å². The van der Waals surface area contributed by atoms with Gasteiger partial charge in [-0.25, -0.2) is 0 Å². The molecule has 0 bridgehead atoms. The van der Waals surface area contributed by atoms with Crippen LogP contribution in [0, 0.1) is 6.92 Å². The molecule has 2 heterocycles. The molecule has 0 fully saturated rings. The van der Waals surface area contributed by atoms with Gasteiger partial charge in [0.2, 0.25) is 0 Å². The number of furan rings is 1. The molecular formula is C20H17NO3. The van der Waals surface area contributed by atoms with Crippen molar-refractivity contribution in [1.29, 1.82) is 0 Å². The third kappa shape index (κ3) is 2.56. The molecule has 120 valence electrons. The number of rotatable bonds is 4. The molecule has 0 unspecified atom stereocenters. The van der Waals surface area contributed by atoms with Crippen molar-refractivity contribution in [1.82, 2.24) is 5.16 Å². The third-order valence-electron chi connectivity index (χ3n) is 4.16. The molecule has 0 aliphatic rings. The van der Waals surface area contributed by atoms with Crippen LogP contribution in [0.1, 0.15) is 17.1 Å². The van der Waals surface area contributed by atoms with Crippen LogP contribution in [0.5, 0.6) is 5.75 Å². The van der Waals surface area contributed by atoms with Gasteiger partial charge in [-0.15, -0.1) is 0 Å². The lowest BCUT2D eigenvalue weighted by Gasteiger charge is -2.00. The average molecular weight is 319 g/mol. The Bertz CT molecular complexity index is 983. The van der Waals surface area contributed by atoms with Crippen LogP contribution in [0.3, 0.4) is 0 Å². The fraction of sp³-hybridized carbons (Fsp3) is 0.150. The van der Waals surface area contributed by atoms with Crippen LogP contribution in [0.15, 0.2) is 63.5 Å². The molecule has 0 spiro atoms. The minimum atomic E-state index is 0.635. The van der Waals surface area contributed by atoms with Crippen LogP contribution in [0.25, 0.3) is 22.2 Å². The van der Waals surface area contributed by atoms with Gasteiger partial charge in [0.1, 0.15) is 28.5 Å². The first-order chi connectivity index (χ1) is 11.7. The SMILES string of the molecule is COc1ccc2cc(Cc3c(-c4ccccc4)noc3C)oc2c1. The van der Waals surface area contributed by atoms with Crippen LogP contribution >= 0.6 is 0 Å². The highest BCUT2D eigenvalue weighted by Crippen LogP contribution is 2.30. The first-order valence-corrected chi connectivity index (χ1v) is 7.81. The molecule has 0 aliphatic heterocycles. The zero-order chi connectivity index (χ0) is 16.5. The Labute approximate surface area is 139 Å². The average Bonchev–Trinajstić information content (AvgIpc) is 3.18. The lowest BCUT2D eigenvalue weighted by Crippen LogP contribution is -1.90. The molecule has 2 aromatic carbocycles. The molecule has 4 aromatic rings. The van der Waals surface area contributed by atoms with Gasteiger partial charge in [0.15, 0.2) is 0 Å². The Morgan fingerprint density at radius 1 is 1.04 bits per heavy atom. The molecule has 4 heteroatoms. The van der Waals surface area contributed by atoms with Crippen LogP contribution in [0.2, 0.25) is 0 Å². The zero-order valence-corrected chi connectivity index (χ0v) is 13.6. The van der Waals surface area contributed by atoms with Gasteiger partial charge in [-0.1, -0.05) is 35.5 Å². The van der Waals surface area contributed by atoms with E-state index in [1.807, 2.05) is 55.5 Å². The number of hydrogen-bond acceptors (Lipinski definition) is 4. The lowest BCUT2D eigenvalue weighted by molar-refractivity contribution is 0.398. The molecule has 0 N–H and O–H groups in total. The summed E-state index contributed by atoms with van der Waals surface area (Å²) in [6.07, 6.45) is 0.635. The first kappa shape index (κ1) is 14.6. The van der Waals surface area contributed by atoms with Crippen molar-refractivity contribution in [3.63, 3.8) is 0 Å². The van der Waals surface area contributed by atoms with Crippen LogP contribution in [0.4, 0.5) is 0 Å². The maximum Gasteiger partial charge on any atom is 0.137 e. The highest BCUT2D eigenvalue weighted by molar-refractivity contribution is 5.79. The maximum atomic E-state index is 5.98. The maximum absolute atomic E-state index is 5.98. The number of fused-ring (bicyclic) bond motifs is 1. The summed E-state index contributed by atoms with van der Waals surface area (Å²) < 4.78 is 16.6. The molecular weight excluding hydrogens is 302 g/mol. The highest BCUT2D eigenvalue weighted by Gasteiger charge is 2.17. The van der Waals surface area contributed by atoms with E-state index in [2.05, 4.69) is 11.2 Å². The monoisotopic (exact) mass is 319 g/mol. The van der Waals surface area contributed by atoms with E-state index in [1.165, 1.54) is 0 Å². The Morgan fingerprint density at radius 3 is 2.67 bits per heavy atom. The van der Waals surface area contributed by atoms with E-state index in [1.54, 1.807) is 7.11 Å². The summed E-state index contributed by atoms with van der Waals surface area (Å²) in [5.74, 6) is 2.48. The molecule has 0 atom stereocenters. The smallest absolute Gasteiger partial charge is 0.137 e. The molecule has 4 nitrogen and oxygen atoms in total. The van der Waals surface area contributed by atoms with Crippen molar-refractivity contribution in [3.05, 3.63) is 71.7 Å². The van der Waals surface area contributed by atoms with Gasteiger partial charge in [-0.3, -0.25) is 0 Å². The number of aromatic nitrogens is 1. The van der Waals surface area contributed by atoms with E-state index < -0.39 is 0 Å². The summed E-state index contributed by atoms with van der Waals surface area (Å²) >= 11 is 0. The van der Waals surface area contributed by atoms with E-state index >= 15 is 0 Å². The second kappa shape index (κ2) is 5.89. The number of methoxy groups -OCH3 is 1. The van der Waals surface area contributed by atoms with Gasteiger partial charge in [0.25, 0.3) is 0 Å². The minimum Gasteiger partial charge on any atom is -0.497 e. The van der Waals surface area contributed by atoms with Crippen LogP contribution < -0.4 is 4.74 Å². The largest absolute Gasteiger partial charge is 0.497 e. The number of hydrogen-bond donors (Lipinski definition) is 0. The molecule has 4 rings (SSSR count). The number of aryl methyl sites for hydroxylation is 1. The minimum absolute atomic E-state index is 0.635. The Hall–Kier alpha value is -3.01. The standard InChI is InChI=1S/C20H17NO3/c1-13-18(20(21-24-13)14-6-4-3-5-7-14)11-17-10-15-8-9-16(22-2)12-19(15)23-17/h3-10,12H,11H2,1-2H3. The lowest BCUT2D eigenvalue weighted by atomic mass is 10.0. The Kier molecular flexibility index (Phi) is 3.58. The Balaban J connectivity index is 1.72. The third-order valence-corrected chi connectivity index (χ3v) is 4.16. The van der Waals surface area contributed by atoms with E-state index in [0.717, 1.165) is 45.1 Å². The van der Waals surface area contributed by atoms with Crippen LogP contribution in [-0.2, 0) is 6.42 Å². The summed E-state index contributed by atoms with van der Waals surface area (Å²) in [4.78, 5) is 0.